The fourth-order valence-electron chi connectivity index (χ4n) is 1.88. The summed E-state index contributed by atoms with van der Waals surface area (Å²) in [5.74, 6) is 0. The van der Waals surface area contributed by atoms with Crippen LogP contribution in [0.5, 0.6) is 0 Å². The molecular weight excluding hydrogens is 266 g/mol. The van der Waals surface area contributed by atoms with Crippen molar-refractivity contribution < 1.29 is 4.43 Å². The summed E-state index contributed by atoms with van der Waals surface area (Å²) in [6.07, 6.45) is 5.51. The second kappa shape index (κ2) is 5.29. The van der Waals surface area contributed by atoms with Crippen LogP contribution in [0, 0.1) is 0 Å². The van der Waals surface area contributed by atoms with Crippen LogP contribution < -0.4 is 0 Å². The van der Waals surface area contributed by atoms with E-state index in [4.69, 9.17) is 4.43 Å². The lowest BCUT2D eigenvalue weighted by Gasteiger charge is -2.37. The van der Waals surface area contributed by atoms with E-state index in [1.165, 1.54) is 0 Å². The van der Waals surface area contributed by atoms with Crippen LogP contribution >= 0.6 is 0 Å². The molecule has 0 aromatic carbocycles. The predicted octanol–water partition coefficient (Wildman–Crippen LogP) is 4.01. The van der Waals surface area contributed by atoms with E-state index in [0.29, 0.717) is 0 Å². The minimum atomic E-state index is -1.69. The highest BCUT2D eigenvalue weighted by molar-refractivity contribution is 6.74. The van der Waals surface area contributed by atoms with Crippen LogP contribution in [0.4, 0.5) is 0 Å². The molecule has 2 heterocycles. The predicted molar refractivity (Wildman–Crippen MR) is 85.4 cm³/mol. The fraction of sp³-hybridized carbons (Fsp3) is 0.600. The van der Waals surface area contributed by atoms with Gasteiger partial charge >= 0.3 is 0 Å². The molecule has 2 aromatic rings. The van der Waals surface area contributed by atoms with Gasteiger partial charge in [0.25, 0.3) is 0 Å². The summed E-state index contributed by atoms with van der Waals surface area (Å²) in [5.41, 5.74) is 0.978. The van der Waals surface area contributed by atoms with E-state index in [9.17, 15) is 0 Å². The van der Waals surface area contributed by atoms with Crippen LogP contribution in [-0.4, -0.2) is 29.5 Å². The first-order valence-electron chi connectivity index (χ1n) is 7.13. The van der Waals surface area contributed by atoms with E-state index in [2.05, 4.69) is 67.6 Å². The number of aromatic nitrogens is 3. The van der Waals surface area contributed by atoms with Crippen LogP contribution in [0.2, 0.25) is 18.1 Å². The molecule has 0 aliphatic carbocycles. The molecule has 0 fully saturated rings. The molecule has 0 aliphatic rings. The van der Waals surface area contributed by atoms with Crippen LogP contribution in [0.3, 0.4) is 0 Å². The molecule has 0 unspecified atom stereocenters. The van der Waals surface area contributed by atoms with E-state index in [0.717, 1.165) is 17.6 Å². The second-order valence-corrected chi connectivity index (χ2v) is 11.8. The summed E-state index contributed by atoms with van der Waals surface area (Å²) in [6.45, 7) is 14.3. The maximum absolute atomic E-state index is 6.30. The van der Waals surface area contributed by atoms with Crippen molar-refractivity contribution in [2.75, 3.05) is 6.61 Å². The second-order valence-electron chi connectivity index (χ2n) is 6.95. The number of rotatable bonds is 4. The summed E-state index contributed by atoms with van der Waals surface area (Å²) < 4.78 is 8.47. The van der Waals surface area contributed by atoms with Crippen molar-refractivity contribution in [3.8, 4) is 0 Å². The molecule has 4 nitrogen and oxygen atoms in total. The van der Waals surface area contributed by atoms with Gasteiger partial charge < -0.3 is 8.99 Å². The Morgan fingerprint density at radius 2 is 2.05 bits per heavy atom. The smallest absolute Gasteiger partial charge is 0.192 e. The highest BCUT2D eigenvalue weighted by Crippen LogP contribution is 2.37. The zero-order valence-electron chi connectivity index (χ0n) is 13.3. The Bertz CT molecular complexity index is 586. The number of fused-ring (bicyclic) bond motifs is 1. The Hall–Kier alpha value is -1.20. The monoisotopic (exact) mass is 291 g/mol. The highest BCUT2D eigenvalue weighted by Gasteiger charge is 2.37. The molecule has 20 heavy (non-hydrogen) atoms. The Kier molecular flexibility index (Phi) is 4.02. The van der Waals surface area contributed by atoms with Crippen molar-refractivity contribution in [2.45, 2.75) is 51.9 Å². The molecule has 5 heteroatoms. The molecular formula is C15H25N3OSi. The average molecular weight is 291 g/mol. The van der Waals surface area contributed by atoms with Crippen LogP contribution in [-0.2, 0) is 4.43 Å². The van der Waals surface area contributed by atoms with Crippen LogP contribution in [0.15, 0.2) is 24.8 Å². The molecule has 0 bridgehead atoms. The first-order valence-corrected chi connectivity index (χ1v) is 10.0. The molecule has 0 saturated heterocycles. The minimum absolute atomic E-state index is 0.244. The van der Waals surface area contributed by atoms with Gasteiger partial charge in [-0.05, 0) is 31.1 Å². The third-order valence-electron chi connectivity index (χ3n) is 4.34. The minimum Gasteiger partial charge on any atom is -0.415 e. The van der Waals surface area contributed by atoms with Crippen molar-refractivity contribution in [1.29, 1.82) is 0 Å². The van der Waals surface area contributed by atoms with Crippen molar-refractivity contribution in [3.63, 3.8) is 0 Å². The van der Waals surface area contributed by atoms with Gasteiger partial charge in [0.15, 0.2) is 8.32 Å². The normalized spacial score (nSPS) is 14.7. The van der Waals surface area contributed by atoms with Gasteiger partial charge in [-0.15, -0.1) is 0 Å². The molecule has 0 radical (unpaired) electrons. The van der Waals surface area contributed by atoms with E-state index in [-0.39, 0.29) is 11.1 Å². The zero-order valence-corrected chi connectivity index (χ0v) is 14.3. The van der Waals surface area contributed by atoms with Crippen LogP contribution in [0.1, 0.15) is 33.7 Å². The van der Waals surface area contributed by atoms with Gasteiger partial charge in [0.05, 0.1) is 12.6 Å². The lowest BCUT2D eigenvalue weighted by molar-refractivity contribution is 0.241. The zero-order chi connectivity index (χ0) is 15.0. The Labute approximate surface area is 122 Å². The average Bonchev–Trinajstić information content (AvgIpc) is 2.78. The fourth-order valence-corrected chi connectivity index (χ4v) is 2.97. The van der Waals surface area contributed by atoms with E-state index in [1.54, 1.807) is 6.33 Å². The molecule has 0 aliphatic heterocycles. The van der Waals surface area contributed by atoms with Crippen molar-refractivity contribution in [2.24, 2.45) is 0 Å². The number of hydrogen-bond donors (Lipinski definition) is 0. The first kappa shape index (κ1) is 15.2. The van der Waals surface area contributed by atoms with E-state index in [1.807, 2.05) is 6.20 Å². The summed E-state index contributed by atoms with van der Waals surface area (Å²) in [6, 6.07) is 2.33. The topological polar surface area (TPSA) is 39.9 Å². The lowest BCUT2D eigenvalue weighted by atomic mass is 10.2. The summed E-state index contributed by atoms with van der Waals surface area (Å²) in [5, 5.41) is 1.32. The largest absolute Gasteiger partial charge is 0.415 e. The number of nitrogens with zero attached hydrogens (tertiary/aromatic N) is 3. The molecule has 2 rings (SSSR count). The molecule has 2 aromatic heterocycles. The Morgan fingerprint density at radius 3 is 2.70 bits per heavy atom. The van der Waals surface area contributed by atoms with Gasteiger partial charge in [-0.3, -0.25) is 0 Å². The van der Waals surface area contributed by atoms with E-state index >= 15 is 0 Å². The summed E-state index contributed by atoms with van der Waals surface area (Å²) in [7, 11) is -1.69. The highest BCUT2D eigenvalue weighted by atomic mass is 28.4. The summed E-state index contributed by atoms with van der Waals surface area (Å²) in [4.78, 5) is 8.42. The molecule has 0 amide bonds. The summed E-state index contributed by atoms with van der Waals surface area (Å²) >= 11 is 0. The maximum atomic E-state index is 6.30. The van der Waals surface area contributed by atoms with E-state index < -0.39 is 8.32 Å². The quantitative estimate of drug-likeness (QED) is 0.799. The van der Waals surface area contributed by atoms with Gasteiger partial charge in [-0.2, -0.15) is 0 Å². The van der Waals surface area contributed by atoms with Gasteiger partial charge in [-0.25, -0.2) is 9.97 Å². The van der Waals surface area contributed by atoms with Crippen molar-refractivity contribution >= 4 is 19.4 Å². The molecule has 0 N–H and O–H groups in total. The Morgan fingerprint density at radius 1 is 1.35 bits per heavy atom. The Balaban J connectivity index is 2.11. The molecule has 1 atom stereocenters. The van der Waals surface area contributed by atoms with Crippen LogP contribution in [0.25, 0.3) is 11.0 Å². The molecule has 0 spiro atoms. The third kappa shape index (κ3) is 2.93. The standard InChI is InChI=1S/C15H25N3OSi/c1-12(10-19-20(5,6)15(2,3)4)18-8-7-13-9-16-11-17-14(13)18/h7-9,11-12H,10H2,1-6H3/t12-/m1/s1. The van der Waals surface area contributed by atoms with Gasteiger partial charge in [0, 0.05) is 17.8 Å². The third-order valence-corrected chi connectivity index (χ3v) is 8.84. The molecule has 0 saturated carbocycles. The molecule has 110 valence electrons. The number of hydrogen-bond acceptors (Lipinski definition) is 3. The first-order chi connectivity index (χ1) is 9.22. The maximum Gasteiger partial charge on any atom is 0.192 e. The van der Waals surface area contributed by atoms with Crippen molar-refractivity contribution in [3.05, 3.63) is 24.8 Å². The van der Waals surface area contributed by atoms with Gasteiger partial charge in [-0.1, -0.05) is 20.8 Å². The SMILES string of the molecule is C[C@H](CO[Si](C)(C)C(C)(C)C)n1ccc2cncnc21. The lowest BCUT2D eigenvalue weighted by Crippen LogP contribution is -2.41. The van der Waals surface area contributed by atoms with Crippen molar-refractivity contribution in [1.82, 2.24) is 14.5 Å². The van der Waals surface area contributed by atoms with Gasteiger partial charge in [0.2, 0.25) is 0 Å². The van der Waals surface area contributed by atoms with Gasteiger partial charge in [0.1, 0.15) is 12.0 Å².